The summed E-state index contributed by atoms with van der Waals surface area (Å²) in [5.74, 6) is -0.134. The molecule has 152 valence electrons. The van der Waals surface area contributed by atoms with Gasteiger partial charge in [-0.05, 0) is 30.9 Å². The monoisotopic (exact) mass is 421 g/mol. The number of hydrogen-bond acceptors (Lipinski definition) is 7. The maximum Gasteiger partial charge on any atom is 0.268 e. The number of carbonyl (C=O) groups excluding carboxylic acids is 1. The first-order chi connectivity index (χ1) is 14.6. The van der Waals surface area contributed by atoms with Crippen molar-refractivity contribution in [3.8, 4) is 27.6 Å². The highest BCUT2D eigenvalue weighted by atomic mass is 32.1. The fraction of sp³-hybridized carbons (Fsp3) is 0.250. The Balaban J connectivity index is 1.50. The van der Waals surface area contributed by atoms with Gasteiger partial charge in [-0.1, -0.05) is 6.07 Å². The molecule has 0 bridgehead atoms. The van der Waals surface area contributed by atoms with E-state index in [4.69, 9.17) is 10.8 Å². The van der Waals surface area contributed by atoms with E-state index in [-0.39, 0.29) is 11.8 Å². The minimum Gasteiger partial charge on any atom is -0.393 e. The van der Waals surface area contributed by atoms with Crippen LogP contribution >= 0.6 is 11.3 Å². The molecule has 0 radical (unpaired) electrons. The number of carbonyl (C=O) groups is 1. The van der Waals surface area contributed by atoms with Crippen molar-refractivity contribution in [3.63, 3.8) is 0 Å². The quantitative estimate of drug-likeness (QED) is 0.491. The van der Waals surface area contributed by atoms with Gasteiger partial charge in [-0.25, -0.2) is 9.67 Å². The molecule has 4 heterocycles. The topological polar surface area (TPSA) is 125 Å². The van der Waals surface area contributed by atoms with E-state index in [0.717, 1.165) is 42.0 Å². The van der Waals surface area contributed by atoms with E-state index in [2.05, 4.69) is 15.1 Å². The van der Waals surface area contributed by atoms with E-state index in [9.17, 15) is 9.90 Å². The Hall–Kier alpha value is -3.37. The van der Waals surface area contributed by atoms with Crippen molar-refractivity contribution < 1.29 is 9.90 Å². The fourth-order valence-corrected chi connectivity index (χ4v) is 4.34. The van der Waals surface area contributed by atoms with Crippen molar-refractivity contribution in [2.45, 2.75) is 25.5 Å². The Labute approximate surface area is 175 Å². The number of primary amides is 1. The molecule has 1 amide bonds. The van der Waals surface area contributed by atoms with Gasteiger partial charge in [0.05, 0.1) is 24.2 Å². The SMILES string of the molecule is NC(=O)c1csc(-c2cnn(-c3cn(CC4CC(O)C4)nc3-c3ccccn3)c2)n1. The molecule has 0 spiro atoms. The molecule has 4 aromatic rings. The van der Waals surface area contributed by atoms with Gasteiger partial charge in [0.2, 0.25) is 0 Å². The molecular weight excluding hydrogens is 402 g/mol. The molecule has 0 aromatic carbocycles. The Bertz CT molecular complexity index is 1190. The van der Waals surface area contributed by atoms with Crippen molar-refractivity contribution in [3.05, 3.63) is 54.1 Å². The van der Waals surface area contributed by atoms with Crippen LogP contribution in [0.5, 0.6) is 0 Å². The summed E-state index contributed by atoms with van der Waals surface area (Å²) in [5, 5.41) is 21.1. The zero-order chi connectivity index (χ0) is 20.7. The first-order valence-corrected chi connectivity index (χ1v) is 10.4. The normalized spacial score (nSPS) is 18.3. The first-order valence-electron chi connectivity index (χ1n) is 9.54. The van der Waals surface area contributed by atoms with Crippen molar-refractivity contribution in [1.82, 2.24) is 29.5 Å². The minimum atomic E-state index is -0.551. The molecular formula is C20H19N7O2S. The molecule has 0 saturated heterocycles. The molecule has 1 aliphatic rings. The molecule has 30 heavy (non-hydrogen) atoms. The van der Waals surface area contributed by atoms with Crippen molar-refractivity contribution >= 4 is 17.2 Å². The van der Waals surface area contributed by atoms with Gasteiger partial charge in [0.15, 0.2) is 0 Å². The number of aliphatic hydroxyl groups is 1. The number of aromatic nitrogens is 6. The van der Waals surface area contributed by atoms with E-state index >= 15 is 0 Å². The van der Waals surface area contributed by atoms with E-state index in [1.54, 1.807) is 22.5 Å². The molecule has 1 fully saturated rings. The maximum atomic E-state index is 11.3. The molecule has 9 nitrogen and oxygen atoms in total. The number of hydrogen-bond donors (Lipinski definition) is 2. The van der Waals surface area contributed by atoms with Crippen LogP contribution in [0.4, 0.5) is 0 Å². The minimum absolute atomic E-state index is 0.197. The van der Waals surface area contributed by atoms with Gasteiger partial charge in [0.1, 0.15) is 22.1 Å². The van der Waals surface area contributed by atoms with Crippen LogP contribution in [-0.4, -0.2) is 46.6 Å². The van der Waals surface area contributed by atoms with Gasteiger partial charge in [-0.3, -0.25) is 14.5 Å². The highest BCUT2D eigenvalue weighted by Crippen LogP contribution is 2.31. The molecule has 0 unspecified atom stereocenters. The lowest BCUT2D eigenvalue weighted by Gasteiger charge is -2.31. The lowest BCUT2D eigenvalue weighted by atomic mass is 9.82. The Morgan fingerprint density at radius 2 is 2.17 bits per heavy atom. The van der Waals surface area contributed by atoms with Gasteiger partial charge < -0.3 is 10.8 Å². The van der Waals surface area contributed by atoms with Crippen LogP contribution < -0.4 is 5.73 Å². The van der Waals surface area contributed by atoms with Crippen molar-refractivity contribution in [2.24, 2.45) is 11.7 Å². The summed E-state index contributed by atoms with van der Waals surface area (Å²) >= 11 is 1.34. The number of aliphatic hydroxyl groups excluding tert-OH is 1. The van der Waals surface area contributed by atoms with Crippen LogP contribution in [0.2, 0.25) is 0 Å². The van der Waals surface area contributed by atoms with Gasteiger partial charge in [-0.2, -0.15) is 10.2 Å². The summed E-state index contributed by atoms with van der Waals surface area (Å²) in [6.45, 7) is 0.736. The molecule has 10 heteroatoms. The molecule has 0 aliphatic heterocycles. The van der Waals surface area contributed by atoms with Crippen LogP contribution in [0, 0.1) is 5.92 Å². The largest absolute Gasteiger partial charge is 0.393 e. The number of pyridine rings is 1. The smallest absolute Gasteiger partial charge is 0.268 e. The van der Waals surface area contributed by atoms with E-state index in [1.807, 2.05) is 35.3 Å². The second kappa shape index (κ2) is 7.47. The molecule has 5 rings (SSSR count). The Morgan fingerprint density at radius 1 is 1.30 bits per heavy atom. The van der Waals surface area contributed by atoms with Crippen LogP contribution in [0.3, 0.4) is 0 Å². The zero-order valence-corrected chi connectivity index (χ0v) is 16.7. The summed E-state index contributed by atoms with van der Waals surface area (Å²) in [6.07, 6.45) is 8.63. The molecule has 4 aromatic heterocycles. The summed E-state index contributed by atoms with van der Waals surface area (Å²) in [4.78, 5) is 20.0. The van der Waals surface area contributed by atoms with Crippen molar-refractivity contribution in [2.75, 3.05) is 0 Å². The van der Waals surface area contributed by atoms with E-state index in [1.165, 1.54) is 11.3 Å². The standard InChI is InChI=1S/C20H19N7O2S/c21-19(29)16-11-30-20(24-16)13-7-23-27(9-13)17-10-26(8-12-5-14(28)6-12)25-18(17)15-3-1-2-4-22-15/h1-4,7,9-12,14,28H,5-6,8H2,(H2,21,29). The molecule has 3 N–H and O–H groups in total. The molecule has 1 aliphatic carbocycles. The van der Waals surface area contributed by atoms with Gasteiger partial charge in [0.25, 0.3) is 5.91 Å². The fourth-order valence-electron chi connectivity index (χ4n) is 3.56. The van der Waals surface area contributed by atoms with Crippen LogP contribution in [0.25, 0.3) is 27.6 Å². The molecule has 0 atom stereocenters. The average molecular weight is 421 g/mol. The number of nitrogens with two attached hydrogens (primary N) is 1. The summed E-state index contributed by atoms with van der Waals surface area (Å²) in [5.41, 5.74) is 8.61. The predicted molar refractivity (Wildman–Crippen MR) is 111 cm³/mol. The summed E-state index contributed by atoms with van der Waals surface area (Å²) < 4.78 is 3.63. The number of rotatable bonds is 6. The van der Waals surface area contributed by atoms with Gasteiger partial charge in [-0.15, -0.1) is 11.3 Å². The molecule has 1 saturated carbocycles. The lowest BCUT2D eigenvalue weighted by Crippen LogP contribution is -2.31. The van der Waals surface area contributed by atoms with Crippen LogP contribution in [-0.2, 0) is 6.54 Å². The highest BCUT2D eigenvalue weighted by molar-refractivity contribution is 7.13. The Morgan fingerprint density at radius 3 is 2.87 bits per heavy atom. The number of nitrogens with zero attached hydrogens (tertiary/aromatic N) is 6. The third kappa shape index (κ3) is 3.51. The second-order valence-electron chi connectivity index (χ2n) is 7.37. The average Bonchev–Trinajstić information content (AvgIpc) is 3.46. The number of amides is 1. The first kappa shape index (κ1) is 18.6. The zero-order valence-electron chi connectivity index (χ0n) is 15.9. The maximum absolute atomic E-state index is 11.3. The van der Waals surface area contributed by atoms with Crippen molar-refractivity contribution in [1.29, 1.82) is 0 Å². The third-order valence-electron chi connectivity index (χ3n) is 5.14. The Kier molecular flexibility index (Phi) is 4.64. The van der Waals surface area contributed by atoms with E-state index < -0.39 is 5.91 Å². The summed E-state index contributed by atoms with van der Waals surface area (Å²) in [6, 6.07) is 5.69. The highest BCUT2D eigenvalue weighted by Gasteiger charge is 2.28. The van der Waals surface area contributed by atoms with Crippen LogP contribution in [0.15, 0.2) is 48.4 Å². The lowest BCUT2D eigenvalue weighted by molar-refractivity contribution is 0.0337. The number of thiazole rings is 1. The third-order valence-corrected chi connectivity index (χ3v) is 6.03. The predicted octanol–water partition coefficient (Wildman–Crippen LogP) is 2.12. The van der Waals surface area contributed by atoms with Crippen LogP contribution in [0.1, 0.15) is 23.3 Å². The van der Waals surface area contributed by atoms with Gasteiger partial charge in [0, 0.05) is 29.9 Å². The second-order valence-corrected chi connectivity index (χ2v) is 8.23. The van der Waals surface area contributed by atoms with Gasteiger partial charge >= 0.3 is 0 Å². The summed E-state index contributed by atoms with van der Waals surface area (Å²) in [7, 11) is 0. The van der Waals surface area contributed by atoms with E-state index in [0.29, 0.717) is 10.9 Å².